The van der Waals surface area contributed by atoms with Gasteiger partial charge in [-0.3, -0.25) is 0 Å². The molecule has 5 heteroatoms. The molecule has 0 radical (unpaired) electrons. The highest BCUT2D eigenvalue weighted by Crippen LogP contribution is 2.36. The summed E-state index contributed by atoms with van der Waals surface area (Å²) < 4.78 is 0. The lowest BCUT2D eigenvalue weighted by Crippen LogP contribution is -1.99. The van der Waals surface area contributed by atoms with E-state index in [-0.39, 0.29) is 5.69 Å². The maximum atomic E-state index is 11.4. The fourth-order valence-corrected chi connectivity index (χ4v) is 3.54. The number of benzene rings is 3. The van der Waals surface area contributed by atoms with Crippen LogP contribution in [0.3, 0.4) is 0 Å². The van der Waals surface area contributed by atoms with Crippen molar-refractivity contribution in [3.63, 3.8) is 0 Å². The Morgan fingerprint density at radius 1 is 0.778 bits per heavy atom. The summed E-state index contributed by atoms with van der Waals surface area (Å²) in [5, 5.41) is 9.08. The highest BCUT2D eigenvalue weighted by molar-refractivity contribution is 6.24. The van der Waals surface area contributed by atoms with Crippen LogP contribution in [-0.2, 0) is 0 Å². The van der Waals surface area contributed by atoms with E-state index in [2.05, 4.69) is 44.4 Å². The summed E-state index contributed by atoms with van der Waals surface area (Å²) >= 11 is 0. The Morgan fingerprint density at radius 3 is 2.04 bits per heavy atom. The van der Waals surface area contributed by atoms with Crippen LogP contribution in [-0.4, -0.2) is 21.4 Å². The van der Waals surface area contributed by atoms with E-state index in [1.807, 2.05) is 49.4 Å². The van der Waals surface area contributed by atoms with Crippen LogP contribution in [0.5, 0.6) is 0 Å². The van der Waals surface area contributed by atoms with E-state index in [9.17, 15) is 4.79 Å². The molecule has 0 saturated heterocycles. The molecular formula is C22H16N4O. The number of H-pyrrole nitrogens is 2. The Morgan fingerprint density at radius 2 is 1.37 bits per heavy atom. The first-order valence-electron chi connectivity index (χ1n) is 8.74. The number of nitrogens with one attached hydrogen (secondary N) is 2. The van der Waals surface area contributed by atoms with Crippen LogP contribution in [0.15, 0.2) is 81.7 Å². The van der Waals surface area contributed by atoms with Gasteiger partial charge >= 0.3 is 5.69 Å². The molecule has 0 aliphatic heterocycles. The average molecular weight is 352 g/mol. The smallest absolute Gasteiger partial charge is 0.306 e. The maximum Gasteiger partial charge on any atom is 0.323 e. The second-order valence-corrected chi connectivity index (χ2v) is 6.56. The summed E-state index contributed by atoms with van der Waals surface area (Å²) in [5.41, 5.74) is 8.49. The van der Waals surface area contributed by atoms with Crippen LogP contribution in [0.4, 0.5) is 0 Å². The molecule has 1 aliphatic carbocycles. The van der Waals surface area contributed by atoms with Gasteiger partial charge < -0.3 is 9.97 Å². The van der Waals surface area contributed by atoms with Gasteiger partial charge in [0.1, 0.15) is 5.71 Å². The number of hydrogen-bond donors (Lipinski definition) is 2. The van der Waals surface area contributed by atoms with Crippen LogP contribution in [0.1, 0.15) is 23.6 Å². The third-order valence-corrected chi connectivity index (χ3v) is 4.89. The number of imidazole rings is 1. The first-order chi connectivity index (χ1) is 13.2. The van der Waals surface area contributed by atoms with Gasteiger partial charge in [-0.05, 0) is 35.7 Å². The Hall–Kier alpha value is -3.73. The number of nitrogens with zero attached hydrogens (tertiary/aromatic N) is 2. The normalized spacial score (nSPS) is 12.9. The minimum atomic E-state index is -0.212. The molecule has 0 fully saturated rings. The molecule has 0 spiro atoms. The number of aromatic amines is 2. The fourth-order valence-electron chi connectivity index (χ4n) is 3.54. The molecule has 3 aromatic carbocycles. The summed E-state index contributed by atoms with van der Waals surface area (Å²) in [6.07, 6.45) is 0. The zero-order valence-corrected chi connectivity index (χ0v) is 14.7. The predicted octanol–water partition coefficient (Wildman–Crippen LogP) is 4.10. The molecule has 0 unspecified atom stereocenters. The van der Waals surface area contributed by atoms with Gasteiger partial charge in [-0.25, -0.2) is 4.79 Å². The van der Waals surface area contributed by atoms with Gasteiger partial charge in [0.15, 0.2) is 0 Å². The maximum absolute atomic E-state index is 11.4. The Labute approximate surface area is 155 Å². The highest BCUT2D eigenvalue weighted by atomic mass is 16.1. The van der Waals surface area contributed by atoms with Crippen LogP contribution >= 0.6 is 0 Å². The van der Waals surface area contributed by atoms with E-state index in [4.69, 9.17) is 0 Å². The van der Waals surface area contributed by atoms with Gasteiger partial charge in [0.25, 0.3) is 0 Å². The molecule has 1 aliphatic rings. The van der Waals surface area contributed by atoms with E-state index >= 15 is 0 Å². The molecular weight excluding hydrogens is 336 g/mol. The van der Waals surface area contributed by atoms with Crippen molar-refractivity contribution in [3.05, 3.63) is 93.9 Å². The molecule has 5 rings (SSSR count). The van der Waals surface area contributed by atoms with Gasteiger partial charge in [0.05, 0.1) is 16.7 Å². The van der Waals surface area contributed by atoms with Crippen molar-refractivity contribution in [1.82, 2.24) is 9.97 Å². The van der Waals surface area contributed by atoms with Crippen molar-refractivity contribution in [2.24, 2.45) is 10.2 Å². The Bertz CT molecular complexity index is 1260. The van der Waals surface area contributed by atoms with E-state index < -0.39 is 0 Å². The van der Waals surface area contributed by atoms with Crippen molar-refractivity contribution in [3.8, 4) is 11.1 Å². The molecule has 0 atom stereocenters. The standard InChI is InChI=1S/C22H16N4O/c1-13(14-10-11-19-20(12-14)24-22(27)23-19)25-26-21-17-8-4-2-6-15(17)16-7-3-5-9-18(16)21/h2-12H,1H3,(H2,23,24,27). The van der Waals surface area contributed by atoms with Gasteiger partial charge in [0, 0.05) is 11.1 Å². The SMILES string of the molecule is CC(=NN=C1c2ccccc2-c2ccccc21)c1ccc2[nH]c(=O)[nH]c2c1. The number of rotatable bonds is 2. The van der Waals surface area contributed by atoms with E-state index in [0.29, 0.717) is 0 Å². The quantitative estimate of drug-likeness (QED) is 0.364. The van der Waals surface area contributed by atoms with Crippen LogP contribution in [0.2, 0.25) is 0 Å². The molecule has 4 aromatic rings. The third kappa shape index (κ3) is 2.52. The van der Waals surface area contributed by atoms with Crippen molar-refractivity contribution < 1.29 is 0 Å². The topological polar surface area (TPSA) is 73.4 Å². The largest absolute Gasteiger partial charge is 0.323 e. The molecule has 0 amide bonds. The lowest BCUT2D eigenvalue weighted by atomic mass is 10.1. The third-order valence-electron chi connectivity index (χ3n) is 4.89. The second kappa shape index (κ2) is 5.92. The van der Waals surface area contributed by atoms with E-state index in [0.717, 1.165) is 39.1 Å². The van der Waals surface area contributed by atoms with Crippen molar-refractivity contribution in [1.29, 1.82) is 0 Å². The fraction of sp³-hybridized carbons (Fsp3) is 0.0455. The summed E-state index contributed by atoms with van der Waals surface area (Å²) in [6, 6.07) is 22.2. The zero-order chi connectivity index (χ0) is 18.4. The summed E-state index contributed by atoms with van der Waals surface area (Å²) in [7, 11) is 0. The first kappa shape index (κ1) is 15.5. The summed E-state index contributed by atoms with van der Waals surface area (Å²) in [5.74, 6) is 0. The van der Waals surface area contributed by atoms with E-state index in [1.54, 1.807) is 0 Å². The van der Waals surface area contributed by atoms with Gasteiger partial charge in [-0.2, -0.15) is 5.10 Å². The summed E-state index contributed by atoms with van der Waals surface area (Å²) in [4.78, 5) is 17.0. The lowest BCUT2D eigenvalue weighted by molar-refractivity contribution is 1.21. The molecule has 2 N–H and O–H groups in total. The second-order valence-electron chi connectivity index (χ2n) is 6.56. The zero-order valence-electron chi connectivity index (χ0n) is 14.7. The van der Waals surface area contributed by atoms with Gasteiger partial charge in [-0.1, -0.05) is 54.6 Å². The molecule has 0 bridgehead atoms. The number of hydrogen-bond acceptors (Lipinski definition) is 3. The molecule has 0 saturated carbocycles. The molecule has 5 nitrogen and oxygen atoms in total. The van der Waals surface area contributed by atoms with Crippen LogP contribution in [0.25, 0.3) is 22.2 Å². The highest BCUT2D eigenvalue weighted by Gasteiger charge is 2.23. The first-order valence-corrected chi connectivity index (χ1v) is 8.74. The molecule has 1 heterocycles. The van der Waals surface area contributed by atoms with Crippen LogP contribution < -0.4 is 5.69 Å². The van der Waals surface area contributed by atoms with E-state index in [1.165, 1.54) is 11.1 Å². The molecule has 130 valence electrons. The van der Waals surface area contributed by atoms with Gasteiger partial charge in [0.2, 0.25) is 0 Å². The monoisotopic (exact) mass is 352 g/mol. The molecule has 1 aromatic heterocycles. The average Bonchev–Trinajstić information content (AvgIpc) is 3.22. The minimum absolute atomic E-state index is 0.212. The minimum Gasteiger partial charge on any atom is -0.306 e. The lowest BCUT2D eigenvalue weighted by Gasteiger charge is -2.01. The Balaban J connectivity index is 1.60. The number of aromatic nitrogens is 2. The van der Waals surface area contributed by atoms with Gasteiger partial charge in [-0.15, -0.1) is 5.10 Å². The van der Waals surface area contributed by atoms with Crippen molar-refractivity contribution in [2.45, 2.75) is 6.92 Å². The van der Waals surface area contributed by atoms with Crippen molar-refractivity contribution >= 4 is 22.5 Å². The van der Waals surface area contributed by atoms with Crippen LogP contribution in [0, 0.1) is 0 Å². The van der Waals surface area contributed by atoms with Crippen molar-refractivity contribution in [2.75, 3.05) is 0 Å². The Kier molecular flexibility index (Phi) is 3.40. The summed E-state index contributed by atoms with van der Waals surface area (Å²) in [6.45, 7) is 1.92. The predicted molar refractivity (Wildman–Crippen MR) is 109 cm³/mol. The number of fused-ring (bicyclic) bond motifs is 4. The molecule has 27 heavy (non-hydrogen) atoms.